The molecule has 0 saturated heterocycles. The van der Waals surface area contributed by atoms with Crippen LogP contribution in [0, 0.1) is 5.82 Å². The van der Waals surface area contributed by atoms with Crippen LogP contribution >= 0.6 is 0 Å². The molecule has 4 aromatic rings. The first kappa shape index (κ1) is 21.7. The van der Waals surface area contributed by atoms with Crippen LogP contribution in [0.5, 0.6) is 5.75 Å². The third kappa shape index (κ3) is 5.40. The van der Waals surface area contributed by atoms with Crippen LogP contribution in [0.25, 0.3) is 6.08 Å². The summed E-state index contributed by atoms with van der Waals surface area (Å²) in [7, 11) is 0. The topological polar surface area (TPSA) is 46.6 Å². The number of benzene rings is 4. The molecule has 162 valence electrons. The van der Waals surface area contributed by atoms with Gasteiger partial charge in [-0.05, 0) is 66.7 Å². The fraction of sp³-hybridized carbons (Fsp3) is 0. The maximum Gasteiger partial charge on any atom is 0.424 e. The molecule has 0 aliphatic heterocycles. The van der Waals surface area contributed by atoms with Crippen molar-refractivity contribution in [1.82, 2.24) is 0 Å². The highest BCUT2D eigenvalue weighted by atomic mass is 19.1. The Morgan fingerprint density at radius 3 is 1.82 bits per heavy atom. The first-order valence-electron chi connectivity index (χ1n) is 10.3. The minimum absolute atomic E-state index is 0.286. The van der Waals surface area contributed by atoms with Crippen LogP contribution in [0.3, 0.4) is 0 Å². The zero-order valence-corrected chi connectivity index (χ0v) is 17.6. The molecule has 0 bridgehead atoms. The molecule has 4 rings (SSSR count). The standard InChI is InChI=1S/C28H20FNO3/c29-26-14-8-7-9-21(26)17-20-27(31)22-15-18-25(19-16-22)33-28(32)30(23-10-3-1-4-11-23)24-12-5-2-6-13-24/h1-20H/b20-17+. The Morgan fingerprint density at radius 1 is 0.697 bits per heavy atom. The van der Waals surface area contributed by atoms with Crippen molar-refractivity contribution in [2.75, 3.05) is 4.90 Å². The summed E-state index contributed by atoms with van der Waals surface area (Å²) in [6.45, 7) is 0. The second-order valence-electron chi connectivity index (χ2n) is 7.12. The van der Waals surface area contributed by atoms with E-state index >= 15 is 0 Å². The van der Waals surface area contributed by atoms with Gasteiger partial charge < -0.3 is 4.74 Å². The van der Waals surface area contributed by atoms with Crippen molar-refractivity contribution in [1.29, 1.82) is 0 Å². The quantitative estimate of drug-likeness (QED) is 0.240. The molecule has 0 spiro atoms. The van der Waals surface area contributed by atoms with Crippen molar-refractivity contribution in [2.24, 2.45) is 0 Å². The third-order valence-electron chi connectivity index (χ3n) is 4.87. The van der Waals surface area contributed by atoms with Crippen molar-refractivity contribution in [3.63, 3.8) is 0 Å². The Bertz CT molecular complexity index is 1230. The van der Waals surface area contributed by atoms with Gasteiger partial charge in [0.25, 0.3) is 0 Å². The zero-order valence-electron chi connectivity index (χ0n) is 17.6. The smallest absolute Gasteiger partial charge is 0.410 e. The zero-order chi connectivity index (χ0) is 23.0. The number of hydrogen-bond donors (Lipinski definition) is 0. The van der Waals surface area contributed by atoms with Gasteiger partial charge in [0.2, 0.25) is 0 Å². The second-order valence-corrected chi connectivity index (χ2v) is 7.12. The van der Waals surface area contributed by atoms with Crippen molar-refractivity contribution < 1.29 is 18.7 Å². The van der Waals surface area contributed by atoms with Gasteiger partial charge in [-0.25, -0.2) is 14.1 Å². The van der Waals surface area contributed by atoms with Crippen LogP contribution in [0.2, 0.25) is 0 Å². The molecule has 0 radical (unpaired) electrons. The summed E-state index contributed by atoms with van der Waals surface area (Å²) in [6, 6.07) is 30.8. The summed E-state index contributed by atoms with van der Waals surface area (Å²) < 4.78 is 19.3. The highest BCUT2D eigenvalue weighted by Gasteiger charge is 2.20. The van der Waals surface area contributed by atoms with Crippen molar-refractivity contribution in [3.8, 4) is 5.75 Å². The summed E-state index contributed by atoms with van der Waals surface area (Å²) in [4.78, 5) is 26.9. The highest BCUT2D eigenvalue weighted by molar-refractivity contribution is 6.07. The number of hydrogen-bond acceptors (Lipinski definition) is 3. The van der Waals surface area contributed by atoms with Crippen molar-refractivity contribution in [2.45, 2.75) is 0 Å². The molecule has 0 N–H and O–H groups in total. The van der Waals surface area contributed by atoms with E-state index < -0.39 is 11.9 Å². The number of allylic oxidation sites excluding steroid dienone is 1. The van der Waals surface area contributed by atoms with Gasteiger partial charge in [0.15, 0.2) is 5.78 Å². The van der Waals surface area contributed by atoms with Crippen LogP contribution in [0.1, 0.15) is 15.9 Å². The number of ether oxygens (including phenoxy) is 1. The van der Waals surface area contributed by atoms with Crippen LogP contribution in [0.4, 0.5) is 20.6 Å². The molecule has 0 atom stereocenters. The van der Waals surface area contributed by atoms with E-state index in [1.165, 1.54) is 23.1 Å². The Kier molecular flexibility index (Phi) is 6.71. The molecule has 0 unspecified atom stereocenters. The first-order chi connectivity index (χ1) is 16.1. The second kappa shape index (κ2) is 10.2. The molecule has 0 heterocycles. The molecule has 0 fully saturated rings. The van der Waals surface area contributed by atoms with E-state index in [2.05, 4.69) is 0 Å². The largest absolute Gasteiger partial charge is 0.424 e. The molecule has 0 aliphatic carbocycles. The number of ketones is 1. The normalized spacial score (nSPS) is 10.7. The molecule has 4 aromatic carbocycles. The van der Waals surface area contributed by atoms with Gasteiger partial charge in [-0.2, -0.15) is 0 Å². The van der Waals surface area contributed by atoms with Gasteiger partial charge in [0.05, 0.1) is 11.4 Å². The van der Waals surface area contributed by atoms with E-state index in [1.54, 1.807) is 42.5 Å². The minimum atomic E-state index is -0.578. The molecule has 0 saturated carbocycles. The molecular formula is C28H20FNO3. The lowest BCUT2D eigenvalue weighted by Crippen LogP contribution is -2.29. The van der Waals surface area contributed by atoms with Crippen LogP contribution < -0.4 is 9.64 Å². The van der Waals surface area contributed by atoms with E-state index in [9.17, 15) is 14.0 Å². The Labute approximate surface area is 191 Å². The lowest BCUT2D eigenvalue weighted by molar-refractivity contribution is 0.104. The number of rotatable bonds is 6. The van der Waals surface area contributed by atoms with Crippen LogP contribution in [-0.2, 0) is 0 Å². The van der Waals surface area contributed by atoms with E-state index in [4.69, 9.17) is 4.74 Å². The summed E-state index contributed by atoms with van der Waals surface area (Å²) in [5, 5.41) is 0. The van der Waals surface area contributed by atoms with Gasteiger partial charge in [-0.3, -0.25) is 4.79 Å². The van der Waals surface area contributed by atoms with E-state index in [1.807, 2.05) is 60.7 Å². The summed E-state index contributed by atoms with van der Waals surface area (Å²) >= 11 is 0. The Hall–Kier alpha value is -4.51. The van der Waals surface area contributed by atoms with E-state index in [0.29, 0.717) is 28.3 Å². The van der Waals surface area contributed by atoms with Gasteiger partial charge >= 0.3 is 6.09 Å². The summed E-state index contributed by atoms with van der Waals surface area (Å²) in [5.74, 6) is -0.386. The maximum absolute atomic E-state index is 13.7. The van der Waals surface area contributed by atoms with Gasteiger partial charge in [-0.15, -0.1) is 0 Å². The van der Waals surface area contributed by atoms with Crippen LogP contribution in [0.15, 0.2) is 115 Å². The number of nitrogens with zero attached hydrogens (tertiary/aromatic N) is 1. The van der Waals surface area contributed by atoms with Gasteiger partial charge in [-0.1, -0.05) is 54.6 Å². The molecule has 0 aromatic heterocycles. The SMILES string of the molecule is O=C(/C=C/c1ccccc1F)c1ccc(OC(=O)N(c2ccccc2)c2ccccc2)cc1. The average Bonchev–Trinajstić information content (AvgIpc) is 2.85. The minimum Gasteiger partial charge on any atom is -0.410 e. The molecular weight excluding hydrogens is 417 g/mol. The number of para-hydroxylation sites is 2. The van der Waals surface area contributed by atoms with Gasteiger partial charge in [0, 0.05) is 11.1 Å². The van der Waals surface area contributed by atoms with Crippen molar-refractivity contribution in [3.05, 3.63) is 132 Å². The Balaban J connectivity index is 1.49. The van der Waals surface area contributed by atoms with E-state index in [-0.39, 0.29) is 5.78 Å². The van der Waals surface area contributed by atoms with Crippen molar-refractivity contribution >= 4 is 29.3 Å². The highest BCUT2D eigenvalue weighted by Crippen LogP contribution is 2.27. The van der Waals surface area contributed by atoms with Crippen LogP contribution in [-0.4, -0.2) is 11.9 Å². The number of amides is 1. The maximum atomic E-state index is 13.7. The first-order valence-corrected chi connectivity index (χ1v) is 10.3. The predicted octanol–water partition coefficient (Wildman–Crippen LogP) is 7.06. The summed E-state index contributed by atoms with van der Waals surface area (Å²) in [6.07, 6.45) is 2.17. The van der Waals surface area contributed by atoms with E-state index in [0.717, 1.165) is 0 Å². The monoisotopic (exact) mass is 437 g/mol. The number of anilines is 2. The number of carbonyl (C=O) groups is 2. The number of halogens is 1. The Morgan fingerprint density at radius 2 is 1.24 bits per heavy atom. The fourth-order valence-electron chi connectivity index (χ4n) is 3.22. The lowest BCUT2D eigenvalue weighted by Gasteiger charge is -2.22. The fourth-order valence-corrected chi connectivity index (χ4v) is 3.22. The third-order valence-corrected chi connectivity index (χ3v) is 4.87. The molecule has 1 amide bonds. The van der Waals surface area contributed by atoms with Gasteiger partial charge in [0.1, 0.15) is 11.6 Å². The lowest BCUT2D eigenvalue weighted by atomic mass is 10.1. The number of carbonyl (C=O) groups excluding carboxylic acids is 2. The predicted molar refractivity (Wildman–Crippen MR) is 127 cm³/mol. The molecule has 5 heteroatoms. The molecule has 4 nitrogen and oxygen atoms in total. The molecule has 0 aliphatic rings. The average molecular weight is 437 g/mol. The summed E-state index contributed by atoms with van der Waals surface area (Å²) in [5.41, 5.74) is 2.06. The molecule has 33 heavy (non-hydrogen) atoms.